The van der Waals surface area contributed by atoms with Crippen LogP contribution in [0.15, 0.2) is 48.5 Å². The predicted octanol–water partition coefficient (Wildman–Crippen LogP) is 3.65. The van der Waals surface area contributed by atoms with Gasteiger partial charge in [0.25, 0.3) is 5.91 Å². The van der Waals surface area contributed by atoms with Gasteiger partial charge in [0.2, 0.25) is 0 Å². The highest BCUT2D eigenvalue weighted by Gasteiger charge is 2.19. The fourth-order valence-corrected chi connectivity index (χ4v) is 4.04. The van der Waals surface area contributed by atoms with Crippen LogP contribution in [0.1, 0.15) is 35.2 Å². The van der Waals surface area contributed by atoms with Gasteiger partial charge in [0.15, 0.2) is 0 Å². The Morgan fingerprint density at radius 1 is 1.16 bits per heavy atom. The van der Waals surface area contributed by atoms with Crippen LogP contribution >= 0.6 is 0 Å². The van der Waals surface area contributed by atoms with Gasteiger partial charge >= 0.3 is 6.03 Å². The first-order valence-corrected chi connectivity index (χ1v) is 10.9. The molecule has 31 heavy (non-hydrogen) atoms. The first-order chi connectivity index (χ1) is 15.0. The smallest absolute Gasteiger partial charge is 0.319 e. The van der Waals surface area contributed by atoms with E-state index in [4.69, 9.17) is 0 Å². The third-order valence-electron chi connectivity index (χ3n) is 5.59. The van der Waals surface area contributed by atoms with E-state index in [2.05, 4.69) is 20.9 Å². The van der Waals surface area contributed by atoms with Crippen LogP contribution in [0.5, 0.6) is 0 Å². The molecular weight excluding hydrogens is 395 g/mol. The number of amides is 3. The van der Waals surface area contributed by atoms with Crippen LogP contribution in [0.3, 0.4) is 0 Å². The molecule has 6 nitrogen and oxygen atoms in total. The maximum atomic E-state index is 13.1. The maximum absolute atomic E-state index is 13.1. The van der Waals surface area contributed by atoms with Crippen LogP contribution in [0, 0.1) is 11.7 Å². The van der Waals surface area contributed by atoms with Crippen molar-refractivity contribution in [3.8, 4) is 0 Å². The van der Waals surface area contributed by atoms with Crippen LogP contribution in [0.2, 0.25) is 0 Å². The average molecular weight is 427 g/mol. The number of carbonyl (C=O) groups is 2. The number of anilines is 1. The van der Waals surface area contributed by atoms with E-state index < -0.39 is 0 Å². The highest BCUT2D eigenvalue weighted by Crippen LogP contribution is 2.21. The molecule has 3 N–H and O–H groups in total. The molecule has 166 valence electrons. The van der Waals surface area contributed by atoms with E-state index in [1.165, 1.54) is 30.5 Å². The first-order valence-electron chi connectivity index (χ1n) is 10.9. The van der Waals surface area contributed by atoms with Crippen molar-refractivity contribution in [1.82, 2.24) is 15.5 Å². The van der Waals surface area contributed by atoms with Gasteiger partial charge in [-0.2, -0.15) is 0 Å². The molecule has 0 unspecified atom stereocenters. The van der Waals surface area contributed by atoms with E-state index in [-0.39, 0.29) is 17.8 Å². The van der Waals surface area contributed by atoms with Gasteiger partial charge < -0.3 is 20.9 Å². The Morgan fingerprint density at radius 3 is 2.74 bits per heavy atom. The summed E-state index contributed by atoms with van der Waals surface area (Å²) >= 11 is 0. The van der Waals surface area contributed by atoms with Gasteiger partial charge in [0.1, 0.15) is 5.82 Å². The molecule has 1 fully saturated rings. The van der Waals surface area contributed by atoms with Crippen molar-refractivity contribution in [3.63, 3.8) is 0 Å². The molecule has 0 aliphatic carbocycles. The zero-order valence-electron chi connectivity index (χ0n) is 18.0. The molecule has 0 bridgehead atoms. The number of hydrogen-bond donors (Lipinski definition) is 3. The highest BCUT2D eigenvalue weighted by molar-refractivity contribution is 5.96. The molecule has 2 aromatic carbocycles. The number of hydrogen-bond acceptors (Lipinski definition) is 3. The van der Waals surface area contributed by atoms with Crippen molar-refractivity contribution < 1.29 is 14.0 Å². The van der Waals surface area contributed by atoms with Crippen LogP contribution in [0.4, 0.5) is 14.9 Å². The van der Waals surface area contributed by atoms with Crippen LogP contribution in [-0.2, 0) is 6.42 Å². The Morgan fingerprint density at radius 2 is 1.97 bits per heavy atom. The van der Waals surface area contributed by atoms with Gasteiger partial charge in [-0.1, -0.05) is 18.2 Å². The van der Waals surface area contributed by atoms with Crippen molar-refractivity contribution >= 4 is 17.6 Å². The summed E-state index contributed by atoms with van der Waals surface area (Å²) in [6, 6.07) is 13.4. The fraction of sp³-hybridized carbons (Fsp3) is 0.417. The normalized spacial score (nSPS) is 16.5. The van der Waals surface area contributed by atoms with Crippen LogP contribution < -0.4 is 16.0 Å². The minimum absolute atomic E-state index is 0.190. The number of likely N-dealkylation sites (tertiary alicyclic amines) is 1. The number of rotatable bonds is 8. The lowest BCUT2D eigenvalue weighted by Gasteiger charge is -2.32. The molecule has 0 spiro atoms. The number of piperidine rings is 1. The molecule has 0 saturated carbocycles. The van der Waals surface area contributed by atoms with E-state index in [9.17, 15) is 14.0 Å². The monoisotopic (exact) mass is 426 g/mol. The summed E-state index contributed by atoms with van der Waals surface area (Å²) in [5.74, 6) is 0.205. The molecular formula is C24H31FN4O2. The third-order valence-corrected chi connectivity index (χ3v) is 5.59. The molecule has 1 saturated heterocycles. The summed E-state index contributed by atoms with van der Waals surface area (Å²) in [6.45, 7) is 3.64. The lowest BCUT2D eigenvalue weighted by Crippen LogP contribution is -2.38. The molecule has 1 aliphatic heterocycles. The van der Waals surface area contributed by atoms with E-state index in [1.807, 2.05) is 12.1 Å². The van der Waals surface area contributed by atoms with Crippen LogP contribution in [0.25, 0.3) is 0 Å². The lowest BCUT2D eigenvalue weighted by atomic mass is 9.91. The Kier molecular flexibility index (Phi) is 8.41. The Labute approximate surface area is 183 Å². The molecule has 1 aliphatic rings. The number of nitrogens with one attached hydrogen (secondary N) is 3. The van der Waals surface area contributed by atoms with Gasteiger partial charge in [-0.05, 0) is 80.6 Å². The molecule has 2 aromatic rings. The maximum Gasteiger partial charge on any atom is 0.319 e. The minimum Gasteiger partial charge on any atom is -0.355 e. The molecule has 7 heteroatoms. The Balaban J connectivity index is 1.35. The highest BCUT2D eigenvalue weighted by atomic mass is 19.1. The van der Waals surface area contributed by atoms with E-state index in [0.717, 1.165) is 32.5 Å². The number of urea groups is 1. The van der Waals surface area contributed by atoms with Gasteiger partial charge in [-0.25, -0.2) is 9.18 Å². The molecule has 1 atom stereocenters. The molecule has 1 heterocycles. The topological polar surface area (TPSA) is 73.5 Å². The van der Waals surface area contributed by atoms with Crippen molar-refractivity contribution in [1.29, 1.82) is 0 Å². The summed E-state index contributed by atoms with van der Waals surface area (Å²) in [5, 5.41) is 8.21. The second kappa shape index (κ2) is 11.5. The Bertz CT molecular complexity index is 872. The van der Waals surface area contributed by atoms with E-state index in [1.54, 1.807) is 31.3 Å². The fourth-order valence-electron chi connectivity index (χ4n) is 4.04. The van der Waals surface area contributed by atoms with Gasteiger partial charge in [-0.15, -0.1) is 0 Å². The second-order valence-electron chi connectivity index (χ2n) is 8.03. The molecule has 0 radical (unpaired) electrons. The van der Waals surface area contributed by atoms with Crippen molar-refractivity contribution in [2.45, 2.75) is 25.7 Å². The predicted molar refractivity (Wildman–Crippen MR) is 121 cm³/mol. The van der Waals surface area contributed by atoms with Gasteiger partial charge in [0, 0.05) is 31.4 Å². The summed E-state index contributed by atoms with van der Waals surface area (Å²) < 4.78 is 13.1. The second-order valence-corrected chi connectivity index (χ2v) is 8.03. The van der Waals surface area contributed by atoms with Crippen molar-refractivity contribution in [3.05, 3.63) is 65.5 Å². The van der Waals surface area contributed by atoms with Crippen LogP contribution in [-0.4, -0.2) is 50.1 Å². The summed E-state index contributed by atoms with van der Waals surface area (Å²) in [6.07, 6.45) is 4.21. The summed E-state index contributed by atoms with van der Waals surface area (Å²) in [7, 11) is 1.57. The summed E-state index contributed by atoms with van der Waals surface area (Å²) in [5.41, 5.74) is 2.27. The largest absolute Gasteiger partial charge is 0.355 e. The quantitative estimate of drug-likeness (QED) is 0.564. The van der Waals surface area contributed by atoms with Crippen molar-refractivity contribution in [2.75, 3.05) is 38.5 Å². The third kappa shape index (κ3) is 7.36. The minimum atomic E-state index is -0.276. The number of benzene rings is 2. The zero-order chi connectivity index (χ0) is 22.1. The average Bonchev–Trinajstić information content (AvgIpc) is 2.78. The number of halogens is 1. The summed E-state index contributed by atoms with van der Waals surface area (Å²) in [4.78, 5) is 26.3. The van der Waals surface area contributed by atoms with Crippen molar-refractivity contribution in [2.24, 2.45) is 5.92 Å². The first kappa shape index (κ1) is 22.7. The molecule has 3 amide bonds. The zero-order valence-corrected chi connectivity index (χ0v) is 18.0. The van der Waals surface area contributed by atoms with Gasteiger partial charge in [0.05, 0.1) is 0 Å². The lowest BCUT2D eigenvalue weighted by molar-refractivity contribution is 0.0963. The standard InChI is InChI=1S/C24H31FN4O2/c1-26-23(30)20-6-2-7-22(16-20)28-24(31)27-12-4-14-29-13-3-5-19(17-29)15-18-8-10-21(25)11-9-18/h2,6-11,16,19H,3-5,12-15,17H2,1H3,(H,26,30)(H2,27,28,31)/t19-/m0/s1. The Hall–Kier alpha value is -2.93. The molecule has 0 aromatic heterocycles. The number of nitrogens with zero attached hydrogens (tertiary/aromatic N) is 1. The van der Waals surface area contributed by atoms with Gasteiger partial charge in [-0.3, -0.25) is 4.79 Å². The molecule has 3 rings (SSSR count). The SMILES string of the molecule is CNC(=O)c1cccc(NC(=O)NCCCN2CCC[C@@H](Cc3ccc(F)cc3)C2)c1. The number of carbonyl (C=O) groups excluding carboxylic acids is 2. The van der Waals surface area contributed by atoms with E-state index in [0.29, 0.717) is 23.7 Å². The van der Waals surface area contributed by atoms with E-state index >= 15 is 0 Å².